The lowest BCUT2D eigenvalue weighted by atomic mass is 9.56. The van der Waals surface area contributed by atoms with Crippen LogP contribution < -0.4 is 4.74 Å². The van der Waals surface area contributed by atoms with Gasteiger partial charge in [-0.1, -0.05) is 25.8 Å². The van der Waals surface area contributed by atoms with Gasteiger partial charge in [-0.05, 0) is 66.7 Å². The number of benzene rings is 1. The summed E-state index contributed by atoms with van der Waals surface area (Å²) >= 11 is 0. The number of ether oxygens (including phenoxy) is 1. The van der Waals surface area contributed by atoms with Gasteiger partial charge in [0, 0.05) is 0 Å². The van der Waals surface area contributed by atoms with Crippen molar-refractivity contribution in [2.75, 3.05) is 6.61 Å². The molecule has 1 fully saturated rings. The van der Waals surface area contributed by atoms with Crippen LogP contribution in [0.5, 0.6) is 5.75 Å². The van der Waals surface area contributed by atoms with Crippen molar-refractivity contribution in [2.45, 2.75) is 63.5 Å². The predicted molar refractivity (Wildman–Crippen MR) is 80.2 cm³/mol. The van der Waals surface area contributed by atoms with Crippen LogP contribution in [0.2, 0.25) is 0 Å². The molecule has 0 spiro atoms. The van der Waals surface area contributed by atoms with Gasteiger partial charge >= 0.3 is 6.18 Å². The standard InChI is InChI=1S/C18H23F3O/c1-2-17-10-4-3-5-14(17)8-6-13-7-9-15(11-16(13)17)22-12-18(19,20)21/h7,9,11,14H,2-6,8,10,12H2,1H3/t14?,17-/m1/s1. The van der Waals surface area contributed by atoms with Crippen LogP contribution in [0, 0.1) is 5.92 Å². The van der Waals surface area contributed by atoms with Crippen molar-refractivity contribution < 1.29 is 17.9 Å². The maximum absolute atomic E-state index is 12.4. The number of hydrogen-bond donors (Lipinski definition) is 0. The first-order chi connectivity index (χ1) is 10.4. The van der Waals surface area contributed by atoms with Gasteiger partial charge in [0.05, 0.1) is 0 Å². The Morgan fingerprint density at radius 1 is 1.23 bits per heavy atom. The fourth-order valence-electron chi connectivity index (χ4n) is 4.56. The highest BCUT2D eigenvalue weighted by Crippen LogP contribution is 2.52. The number of hydrogen-bond acceptors (Lipinski definition) is 1. The van der Waals surface area contributed by atoms with Crippen LogP contribution in [0.25, 0.3) is 0 Å². The minimum absolute atomic E-state index is 0.156. The molecule has 4 heteroatoms. The summed E-state index contributed by atoms with van der Waals surface area (Å²) in [5.41, 5.74) is 2.72. The van der Waals surface area contributed by atoms with Crippen LogP contribution in [-0.2, 0) is 11.8 Å². The van der Waals surface area contributed by atoms with Gasteiger partial charge < -0.3 is 4.74 Å². The fourth-order valence-corrected chi connectivity index (χ4v) is 4.56. The lowest BCUT2D eigenvalue weighted by molar-refractivity contribution is -0.153. The summed E-state index contributed by atoms with van der Waals surface area (Å²) in [6.45, 7) is 1.00. The topological polar surface area (TPSA) is 9.23 Å². The molecule has 1 nitrogen and oxygen atoms in total. The van der Waals surface area contributed by atoms with Gasteiger partial charge in [-0.3, -0.25) is 0 Å². The average molecular weight is 312 g/mol. The van der Waals surface area contributed by atoms with Gasteiger partial charge in [0.1, 0.15) is 5.75 Å². The molecule has 2 aliphatic carbocycles. The molecule has 0 bridgehead atoms. The molecule has 0 aromatic heterocycles. The highest BCUT2D eigenvalue weighted by molar-refractivity contribution is 5.43. The lowest BCUT2D eigenvalue weighted by Gasteiger charge is -2.48. The van der Waals surface area contributed by atoms with E-state index in [4.69, 9.17) is 4.74 Å². The molecule has 0 amide bonds. The number of fused-ring (bicyclic) bond motifs is 3. The van der Waals surface area contributed by atoms with E-state index in [1.807, 2.05) is 12.1 Å². The van der Waals surface area contributed by atoms with Crippen molar-refractivity contribution in [3.63, 3.8) is 0 Å². The molecule has 2 aliphatic rings. The van der Waals surface area contributed by atoms with Crippen molar-refractivity contribution in [3.05, 3.63) is 29.3 Å². The summed E-state index contributed by atoms with van der Waals surface area (Å²) in [5, 5.41) is 0. The summed E-state index contributed by atoms with van der Waals surface area (Å²) in [7, 11) is 0. The smallest absolute Gasteiger partial charge is 0.422 e. The molecule has 122 valence electrons. The molecule has 0 aliphatic heterocycles. The largest absolute Gasteiger partial charge is 0.484 e. The summed E-state index contributed by atoms with van der Waals surface area (Å²) < 4.78 is 42.1. The van der Waals surface area contributed by atoms with Crippen molar-refractivity contribution in [2.24, 2.45) is 5.92 Å². The first-order valence-corrected chi connectivity index (χ1v) is 8.27. The Morgan fingerprint density at radius 2 is 2.05 bits per heavy atom. The van der Waals surface area contributed by atoms with Crippen molar-refractivity contribution in [3.8, 4) is 5.75 Å². The zero-order valence-electron chi connectivity index (χ0n) is 13.0. The molecule has 0 N–H and O–H groups in total. The third-order valence-corrected chi connectivity index (χ3v) is 5.62. The van der Waals surface area contributed by atoms with Crippen LogP contribution in [-0.4, -0.2) is 12.8 Å². The van der Waals surface area contributed by atoms with E-state index in [1.165, 1.54) is 36.8 Å². The second-order valence-corrected chi connectivity index (χ2v) is 6.71. The zero-order valence-corrected chi connectivity index (χ0v) is 13.0. The number of halogens is 3. The molecule has 1 saturated carbocycles. The highest BCUT2D eigenvalue weighted by atomic mass is 19.4. The molecule has 3 rings (SSSR count). The van der Waals surface area contributed by atoms with E-state index in [0.717, 1.165) is 19.3 Å². The van der Waals surface area contributed by atoms with E-state index < -0.39 is 12.8 Å². The fraction of sp³-hybridized carbons (Fsp3) is 0.667. The number of aryl methyl sites for hydroxylation is 1. The van der Waals surface area contributed by atoms with Crippen LogP contribution in [0.15, 0.2) is 18.2 Å². The second-order valence-electron chi connectivity index (χ2n) is 6.71. The van der Waals surface area contributed by atoms with E-state index in [-0.39, 0.29) is 5.41 Å². The Kier molecular flexibility index (Phi) is 4.13. The Bertz CT molecular complexity index is 538. The Morgan fingerprint density at radius 3 is 2.77 bits per heavy atom. The first kappa shape index (κ1) is 15.7. The van der Waals surface area contributed by atoms with Crippen LogP contribution >= 0.6 is 0 Å². The maximum atomic E-state index is 12.4. The minimum Gasteiger partial charge on any atom is -0.484 e. The molecule has 1 aromatic carbocycles. The van der Waals surface area contributed by atoms with E-state index >= 15 is 0 Å². The molecule has 0 heterocycles. The third-order valence-electron chi connectivity index (χ3n) is 5.62. The third kappa shape index (κ3) is 2.84. The van der Waals surface area contributed by atoms with Crippen LogP contribution in [0.3, 0.4) is 0 Å². The average Bonchev–Trinajstić information content (AvgIpc) is 2.51. The summed E-state index contributed by atoms with van der Waals surface area (Å²) in [6.07, 6.45) is 3.94. The lowest BCUT2D eigenvalue weighted by Crippen LogP contribution is -2.41. The Balaban J connectivity index is 1.92. The number of rotatable bonds is 3. The van der Waals surface area contributed by atoms with Crippen molar-refractivity contribution in [1.29, 1.82) is 0 Å². The van der Waals surface area contributed by atoms with Crippen molar-refractivity contribution >= 4 is 0 Å². The van der Waals surface area contributed by atoms with E-state index in [2.05, 4.69) is 6.92 Å². The van der Waals surface area contributed by atoms with E-state index in [1.54, 1.807) is 6.07 Å². The highest BCUT2D eigenvalue weighted by Gasteiger charge is 2.44. The molecule has 22 heavy (non-hydrogen) atoms. The Hall–Kier alpha value is -1.19. The molecule has 2 atom stereocenters. The van der Waals surface area contributed by atoms with Gasteiger partial charge in [0.2, 0.25) is 0 Å². The number of alkyl halides is 3. The van der Waals surface area contributed by atoms with Gasteiger partial charge in [-0.2, -0.15) is 13.2 Å². The van der Waals surface area contributed by atoms with Gasteiger partial charge in [-0.15, -0.1) is 0 Å². The molecule has 1 unspecified atom stereocenters. The molecular formula is C18H23F3O. The minimum atomic E-state index is -4.29. The first-order valence-electron chi connectivity index (χ1n) is 8.27. The van der Waals surface area contributed by atoms with Crippen LogP contribution in [0.1, 0.15) is 56.6 Å². The molecular weight excluding hydrogens is 289 g/mol. The predicted octanol–water partition coefficient (Wildman–Crippen LogP) is 5.41. The van der Waals surface area contributed by atoms with Gasteiger partial charge in [0.15, 0.2) is 6.61 Å². The Labute approximate surface area is 129 Å². The SMILES string of the molecule is CC[C@@]12CCCCC1CCc1ccc(OCC(F)(F)F)cc12. The summed E-state index contributed by atoms with van der Waals surface area (Å²) in [5.74, 6) is 1.03. The summed E-state index contributed by atoms with van der Waals surface area (Å²) in [6, 6.07) is 5.56. The second kappa shape index (κ2) is 5.78. The van der Waals surface area contributed by atoms with Gasteiger partial charge in [0.25, 0.3) is 0 Å². The summed E-state index contributed by atoms with van der Waals surface area (Å²) in [4.78, 5) is 0. The molecule has 1 aromatic rings. The normalized spacial score (nSPS) is 27.9. The van der Waals surface area contributed by atoms with E-state index in [9.17, 15) is 13.2 Å². The maximum Gasteiger partial charge on any atom is 0.422 e. The van der Waals surface area contributed by atoms with Crippen molar-refractivity contribution in [1.82, 2.24) is 0 Å². The zero-order chi connectivity index (χ0) is 15.8. The monoisotopic (exact) mass is 312 g/mol. The van der Waals surface area contributed by atoms with Crippen LogP contribution in [0.4, 0.5) is 13.2 Å². The van der Waals surface area contributed by atoms with Gasteiger partial charge in [-0.25, -0.2) is 0 Å². The molecule has 0 radical (unpaired) electrons. The molecule has 0 saturated heterocycles. The quantitative estimate of drug-likeness (QED) is 0.725. The van der Waals surface area contributed by atoms with E-state index in [0.29, 0.717) is 11.7 Å².